The molecule has 0 spiro atoms. The lowest BCUT2D eigenvalue weighted by Crippen LogP contribution is -2.12. The number of aromatic nitrogens is 1. The lowest BCUT2D eigenvalue weighted by molar-refractivity contribution is -0.384. The molecule has 0 saturated heterocycles. The van der Waals surface area contributed by atoms with Crippen molar-refractivity contribution in [1.29, 1.82) is 0 Å². The minimum Gasteiger partial charge on any atom is -0.495 e. The lowest BCUT2D eigenvalue weighted by Gasteiger charge is -2.09. The lowest BCUT2D eigenvalue weighted by atomic mass is 10.1. The van der Waals surface area contributed by atoms with Crippen molar-refractivity contribution in [3.05, 3.63) is 56.1 Å². The maximum Gasteiger partial charge on any atom is 0.271 e. The van der Waals surface area contributed by atoms with Crippen molar-refractivity contribution in [2.45, 2.75) is 20.8 Å². The molecule has 0 fully saturated rings. The Labute approximate surface area is 153 Å². The zero-order chi connectivity index (χ0) is 19.0. The molecular formula is C18H17N3O4S. The third kappa shape index (κ3) is 3.11. The number of benzene rings is 1. The Morgan fingerprint density at radius 2 is 2.00 bits per heavy atom. The van der Waals surface area contributed by atoms with E-state index in [4.69, 9.17) is 4.74 Å². The normalized spacial score (nSPS) is 10.8. The molecule has 0 bridgehead atoms. The SMILES string of the molecule is COc1ccc([N+](=O)[O-])cc1NC(=O)c1sc2nc(C)cc(C)c2c1C. The van der Waals surface area contributed by atoms with E-state index in [-0.39, 0.29) is 17.3 Å². The highest BCUT2D eigenvalue weighted by molar-refractivity contribution is 7.20. The van der Waals surface area contributed by atoms with Gasteiger partial charge in [0, 0.05) is 23.2 Å². The smallest absolute Gasteiger partial charge is 0.271 e. The van der Waals surface area contributed by atoms with Gasteiger partial charge >= 0.3 is 0 Å². The van der Waals surface area contributed by atoms with Crippen molar-refractivity contribution < 1.29 is 14.5 Å². The first-order valence-corrected chi connectivity index (χ1v) is 8.64. The minimum absolute atomic E-state index is 0.123. The first kappa shape index (κ1) is 17.8. The third-order valence-corrected chi connectivity index (χ3v) is 5.26. The second-order valence-corrected chi connectivity index (χ2v) is 6.91. The quantitative estimate of drug-likeness (QED) is 0.542. The fourth-order valence-corrected chi connectivity index (χ4v) is 4.12. The van der Waals surface area contributed by atoms with Crippen molar-refractivity contribution in [2.24, 2.45) is 0 Å². The second kappa shape index (κ2) is 6.72. The van der Waals surface area contributed by atoms with Gasteiger partial charge in [-0.05, 0) is 44.0 Å². The van der Waals surface area contributed by atoms with E-state index in [0.29, 0.717) is 10.6 Å². The van der Waals surface area contributed by atoms with Gasteiger partial charge in [-0.1, -0.05) is 0 Å². The zero-order valence-corrected chi connectivity index (χ0v) is 15.6. The number of hydrogen-bond donors (Lipinski definition) is 1. The number of methoxy groups -OCH3 is 1. The van der Waals surface area contributed by atoms with Gasteiger partial charge in [-0.2, -0.15) is 0 Å². The molecule has 1 amide bonds. The number of anilines is 1. The molecule has 2 aromatic heterocycles. The summed E-state index contributed by atoms with van der Waals surface area (Å²) in [5.41, 5.74) is 2.93. The van der Waals surface area contributed by atoms with Crippen LogP contribution in [-0.2, 0) is 0 Å². The molecule has 0 atom stereocenters. The Kier molecular flexibility index (Phi) is 4.60. The molecule has 0 unspecified atom stereocenters. The number of amides is 1. The Morgan fingerprint density at radius 1 is 1.27 bits per heavy atom. The number of ether oxygens (including phenoxy) is 1. The van der Waals surface area contributed by atoms with E-state index in [1.165, 1.54) is 36.6 Å². The number of rotatable bonds is 4. The molecule has 8 heteroatoms. The van der Waals surface area contributed by atoms with Crippen molar-refractivity contribution in [3.63, 3.8) is 0 Å². The van der Waals surface area contributed by atoms with Crippen LogP contribution in [0.2, 0.25) is 0 Å². The fraction of sp³-hybridized carbons (Fsp3) is 0.222. The Bertz CT molecular complexity index is 1040. The molecule has 0 aliphatic rings. The van der Waals surface area contributed by atoms with Crippen LogP contribution in [0.4, 0.5) is 11.4 Å². The number of carbonyl (C=O) groups excluding carboxylic acids is 1. The van der Waals surface area contributed by atoms with Gasteiger partial charge in [-0.15, -0.1) is 11.3 Å². The number of hydrogen-bond acceptors (Lipinski definition) is 6. The average Bonchev–Trinajstić information content (AvgIpc) is 2.91. The second-order valence-electron chi connectivity index (χ2n) is 5.91. The number of fused-ring (bicyclic) bond motifs is 1. The maximum absolute atomic E-state index is 12.8. The number of non-ortho nitro benzene ring substituents is 1. The molecule has 0 aliphatic heterocycles. The van der Waals surface area contributed by atoms with Crippen molar-refractivity contribution in [2.75, 3.05) is 12.4 Å². The standard InChI is InChI=1S/C18H17N3O4S/c1-9-7-10(2)19-18-15(9)11(3)16(26-18)17(22)20-13-8-12(21(23)24)5-6-14(13)25-4/h5-8H,1-4H3,(H,20,22). The number of carbonyl (C=O) groups is 1. The Morgan fingerprint density at radius 3 is 2.65 bits per heavy atom. The fourth-order valence-electron chi connectivity index (χ4n) is 2.92. The van der Waals surface area contributed by atoms with Gasteiger partial charge in [0.25, 0.3) is 11.6 Å². The summed E-state index contributed by atoms with van der Waals surface area (Å²) in [5.74, 6) is 0.00853. The maximum atomic E-state index is 12.8. The summed E-state index contributed by atoms with van der Waals surface area (Å²) in [5, 5.41) is 14.7. The third-order valence-electron chi connectivity index (χ3n) is 4.07. The summed E-state index contributed by atoms with van der Waals surface area (Å²) < 4.78 is 5.19. The molecule has 0 radical (unpaired) electrons. The molecule has 1 aromatic carbocycles. The number of nitro groups is 1. The molecular weight excluding hydrogens is 354 g/mol. The van der Waals surface area contributed by atoms with Crippen LogP contribution in [0.5, 0.6) is 5.75 Å². The Balaban J connectivity index is 2.02. The van der Waals surface area contributed by atoms with E-state index >= 15 is 0 Å². The molecule has 1 N–H and O–H groups in total. The summed E-state index contributed by atoms with van der Waals surface area (Å²) >= 11 is 1.31. The van der Waals surface area contributed by atoms with Crippen molar-refractivity contribution in [1.82, 2.24) is 4.98 Å². The van der Waals surface area contributed by atoms with Gasteiger partial charge < -0.3 is 10.1 Å². The van der Waals surface area contributed by atoms with Crippen molar-refractivity contribution >= 4 is 38.8 Å². The summed E-state index contributed by atoms with van der Waals surface area (Å²) in [6, 6.07) is 6.05. The summed E-state index contributed by atoms with van der Waals surface area (Å²) in [6.07, 6.45) is 0. The zero-order valence-electron chi connectivity index (χ0n) is 14.7. The molecule has 3 aromatic rings. The molecule has 7 nitrogen and oxygen atoms in total. The number of pyridine rings is 1. The number of nitrogens with one attached hydrogen (secondary N) is 1. The van der Waals surface area contributed by atoms with E-state index in [1.54, 1.807) is 0 Å². The summed E-state index contributed by atoms with van der Waals surface area (Å²) in [7, 11) is 1.44. The average molecular weight is 371 g/mol. The Hall–Kier alpha value is -3.00. The number of thiophene rings is 1. The molecule has 26 heavy (non-hydrogen) atoms. The van der Waals surface area contributed by atoms with Crippen LogP contribution in [-0.4, -0.2) is 22.9 Å². The van der Waals surface area contributed by atoms with Gasteiger partial charge in [0.2, 0.25) is 0 Å². The van der Waals surface area contributed by atoms with Gasteiger partial charge in [-0.3, -0.25) is 14.9 Å². The monoisotopic (exact) mass is 371 g/mol. The highest BCUT2D eigenvalue weighted by Crippen LogP contribution is 2.34. The molecule has 3 rings (SSSR count). The van der Waals surface area contributed by atoms with Crippen LogP contribution in [0, 0.1) is 30.9 Å². The van der Waals surface area contributed by atoms with E-state index < -0.39 is 4.92 Å². The first-order chi connectivity index (χ1) is 12.3. The predicted octanol–water partition coefficient (Wildman–Crippen LogP) is 4.39. The molecule has 0 saturated carbocycles. The topological polar surface area (TPSA) is 94.4 Å². The van der Waals surface area contributed by atoms with E-state index in [1.807, 2.05) is 26.8 Å². The minimum atomic E-state index is -0.518. The van der Waals surface area contributed by atoms with E-state index in [0.717, 1.165) is 27.0 Å². The van der Waals surface area contributed by atoms with Gasteiger partial charge in [0.1, 0.15) is 10.6 Å². The van der Waals surface area contributed by atoms with Gasteiger partial charge in [-0.25, -0.2) is 4.98 Å². The molecule has 134 valence electrons. The van der Waals surface area contributed by atoms with Gasteiger partial charge in [0.05, 0.1) is 22.6 Å². The van der Waals surface area contributed by atoms with Gasteiger partial charge in [0.15, 0.2) is 0 Å². The summed E-state index contributed by atoms with van der Waals surface area (Å²) in [6.45, 7) is 5.78. The van der Waals surface area contributed by atoms with Crippen molar-refractivity contribution in [3.8, 4) is 5.75 Å². The van der Waals surface area contributed by atoms with Crippen LogP contribution in [0.15, 0.2) is 24.3 Å². The summed E-state index contributed by atoms with van der Waals surface area (Å²) in [4.78, 5) is 29.1. The number of nitrogens with zero attached hydrogens (tertiary/aromatic N) is 2. The highest BCUT2D eigenvalue weighted by atomic mass is 32.1. The van der Waals surface area contributed by atoms with Crippen LogP contribution in [0.3, 0.4) is 0 Å². The predicted molar refractivity (Wildman–Crippen MR) is 101 cm³/mol. The van der Waals surface area contributed by atoms with Crippen LogP contribution >= 0.6 is 11.3 Å². The van der Waals surface area contributed by atoms with Crippen LogP contribution in [0.25, 0.3) is 10.2 Å². The largest absolute Gasteiger partial charge is 0.495 e. The first-order valence-electron chi connectivity index (χ1n) is 7.83. The molecule has 2 heterocycles. The van der Waals surface area contributed by atoms with E-state index in [2.05, 4.69) is 10.3 Å². The highest BCUT2D eigenvalue weighted by Gasteiger charge is 2.20. The van der Waals surface area contributed by atoms with Crippen LogP contribution in [0.1, 0.15) is 26.5 Å². The van der Waals surface area contributed by atoms with E-state index in [9.17, 15) is 14.9 Å². The number of nitro benzene ring substituents is 1. The van der Waals surface area contributed by atoms with Crippen LogP contribution < -0.4 is 10.1 Å². The molecule has 0 aliphatic carbocycles. The number of aryl methyl sites for hydroxylation is 3.